The summed E-state index contributed by atoms with van der Waals surface area (Å²) in [7, 11) is 0. The molecular formula is C19H19BrN2O2. The summed E-state index contributed by atoms with van der Waals surface area (Å²) in [5, 5.41) is 3.43. The van der Waals surface area contributed by atoms with Gasteiger partial charge in [-0.05, 0) is 43.7 Å². The Morgan fingerprint density at radius 2 is 1.62 bits per heavy atom. The van der Waals surface area contributed by atoms with Gasteiger partial charge in [0.15, 0.2) is 0 Å². The molecule has 4 nitrogen and oxygen atoms in total. The Morgan fingerprint density at radius 3 is 2.21 bits per heavy atom. The maximum Gasteiger partial charge on any atom is 0.261 e. The number of amides is 2. The average Bonchev–Trinajstić information content (AvgIpc) is 2.80. The number of rotatable bonds is 5. The topological polar surface area (TPSA) is 49.4 Å². The summed E-state index contributed by atoms with van der Waals surface area (Å²) in [4.78, 5) is 26.0. The molecule has 0 unspecified atom stereocenters. The van der Waals surface area contributed by atoms with Gasteiger partial charge in [0, 0.05) is 23.1 Å². The highest BCUT2D eigenvalue weighted by atomic mass is 79.9. The monoisotopic (exact) mass is 386 g/mol. The van der Waals surface area contributed by atoms with Crippen LogP contribution in [0.4, 0.5) is 0 Å². The van der Waals surface area contributed by atoms with E-state index < -0.39 is 0 Å². The van der Waals surface area contributed by atoms with Crippen molar-refractivity contribution in [3.8, 4) is 0 Å². The smallest absolute Gasteiger partial charge is 0.261 e. The molecule has 0 saturated carbocycles. The number of hydrogen-bond acceptors (Lipinski definition) is 3. The Balaban J connectivity index is 1.65. The molecule has 0 atom stereocenters. The van der Waals surface area contributed by atoms with Crippen molar-refractivity contribution in [3.05, 3.63) is 69.7 Å². The van der Waals surface area contributed by atoms with E-state index in [0.29, 0.717) is 24.2 Å². The van der Waals surface area contributed by atoms with Crippen molar-refractivity contribution in [2.75, 3.05) is 13.1 Å². The predicted molar refractivity (Wildman–Crippen MR) is 97.0 cm³/mol. The summed E-state index contributed by atoms with van der Waals surface area (Å²) in [6, 6.07) is 15.1. The lowest BCUT2D eigenvalue weighted by Crippen LogP contribution is -2.43. The number of halogens is 1. The Hall–Kier alpha value is -1.98. The third kappa shape index (κ3) is 3.14. The summed E-state index contributed by atoms with van der Waals surface area (Å²) in [6.45, 7) is 5.04. The summed E-state index contributed by atoms with van der Waals surface area (Å²) in [6.07, 6.45) is 0. The van der Waals surface area contributed by atoms with Crippen LogP contribution in [-0.4, -0.2) is 29.8 Å². The zero-order valence-electron chi connectivity index (χ0n) is 13.7. The van der Waals surface area contributed by atoms with Gasteiger partial charge in [-0.25, -0.2) is 0 Å². The molecule has 5 heteroatoms. The minimum Gasteiger partial charge on any atom is -0.306 e. The Bertz CT molecular complexity index is 766. The molecule has 0 fully saturated rings. The maximum absolute atomic E-state index is 12.3. The van der Waals surface area contributed by atoms with E-state index in [4.69, 9.17) is 0 Å². The van der Waals surface area contributed by atoms with Gasteiger partial charge in [-0.15, -0.1) is 0 Å². The van der Waals surface area contributed by atoms with Crippen LogP contribution in [-0.2, 0) is 5.54 Å². The molecule has 1 heterocycles. The molecule has 0 saturated heterocycles. The van der Waals surface area contributed by atoms with Gasteiger partial charge in [0.1, 0.15) is 0 Å². The van der Waals surface area contributed by atoms with Crippen molar-refractivity contribution in [2.24, 2.45) is 0 Å². The van der Waals surface area contributed by atoms with E-state index in [1.54, 1.807) is 24.3 Å². The first-order valence-corrected chi connectivity index (χ1v) is 8.66. The second-order valence-electron chi connectivity index (χ2n) is 6.37. The number of imide groups is 1. The van der Waals surface area contributed by atoms with Crippen LogP contribution in [0.25, 0.3) is 0 Å². The summed E-state index contributed by atoms with van der Waals surface area (Å²) in [5.74, 6) is -0.421. The molecule has 0 aliphatic carbocycles. The fourth-order valence-corrected chi connectivity index (χ4v) is 3.30. The molecule has 0 aromatic heterocycles. The zero-order valence-corrected chi connectivity index (χ0v) is 15.3. The normalized spacial score (nSPS) is 14.2. The average molecular weight is 387 g/mol. The highest BCUT2D eigenvalue weighted by Gasteiger charge is 2.34. The van der Waals surface area contributed by atoms with Crippen LogP contribution in [0.15, 0.2) is 53.0 Å². The first-order valence-electron chi connectivity index (χ1n) is 7.86. The van der Waals surface area contributed by atoms with Crippen molar-refractivity contribution in [3.63, 3.8) is 0 Å². The van der Waals surface area contributed by atoms with Gasteiger partial charge >= 0.3 is 0 Å². The number of fused-ring (bicyclic) bond motifs is 1. The van der Waals surface area contributed by atoms with Crippen molar-refractivity contribution in [2.45, 2.75) is 19.4 Å². The van der Waals surface area contributed by atoms with Gasteiger partial charge in [0.2, 0.25) is 0 Å². The first kappa shape index (κ1) is 16.9. The second kappa shape index (κ2) is 6.49. The predicted octanol–water partition coefficient (Wildman–Crippen LogP) is 3.57. The van der Waals surface area contributed by atoms with Crippen LogP contribution in [0.2, 0.25) is 0 Å². The third-order valence-electron chi connectivity index (χ3n) is 4.33. The van der Waals surface area contributed by atoms with Crippen LogP contribution in [0, 0.1) is 0 Å². The van der Waals surface area contributed by atoms with Gasteiger partial charge < -0.3 is 5.32 Å². The number of benzene rings is 2. The van der Waals surface area contributed by atoms with E-state index >= 15 is 0 Å². The van der Waals surface area contributed by atoms with E-state index in [2.05, 4.69) is 47.2 Å². The Morgan fingerprint density at radius 1 is 1.00 bits per heavy atom. The lowest BCUT2D eigenvalue weighted by molar-refractivity contribution is 0.0652. The standard InChI is InChI=1S/C19H19BrN2O2/c1-19(2,13-6-5-7-14(20)12-13)21-10-11-22-17(23)15-8-3-4-9-16(15)18(22)24/h3-9,12,21H,10-11H2,1-2H3. The van der Waals surface area contributed by atoms with E-state index in [1.807, 2.05) is 12.1 Å². The molecular weight excluding hydrogens is 368 g/mol. The van der Waals surface area contributed by atoms with Gasteiger partial charge in [-0.3, -0.25) is 14.5 Å². The largest absolute Gasteiger partial charge is 0.306 e. The number of hydrogen-bond donors (Lipinski definition) is 1. The molecule has 0 spiro atoms. The summed E-state index contributed by atoms with van der Waals surface area (Å²) < 4.78 is 1.02. The number of carbonyl (C=O) groups excluding carboxylic acids is 2. The molecule has 1 N–H and O–H groups in total. The van der Waals surface area contributed by atoms with E-state index in [1.165, 1.54) is 4.90 Å². The molecule has 0 bridgehead atoms. The molecule has 3 rings (SSSR count). The maximum atomic E-state index is 12.3. The van der Waals surface area contributed by atoms with Crippen LogP contribution in [0.5, 0.6) is 0 Å². The van der Waals surface area contributed by atoms with Crippen LogP contribution < -0.4 is 5.32 Å². The quantitative estimate of drug-likeness (QED) is 0.799. The molecule has 2 aromatic rings. The lowest BCUT2D eigenvalue weighted by Gasteiger charge is -2.28. The SMILES string of the molecule is CC(C)(NCCN1C(=O)c2ccccc2C1=O)c1cccc(Br)c1. The van der Waals surface area contributed by atoms with Crippen molar-refractivity contribution < 1.29 is 9.59 Å². The number of nitrogens with one attached hydrogen (secondary N) is 1. The van der Waals surface area contributed by atoms with Crippen molar-refractivity contribution in [1.29, 1.82) is 0 Å². The van der Waals surface area contributed by atoms with E-state index in [-0.39, 0.29) is 17.4 Å². The third-order valence-corrected chi connectivity index (χ3v) is 4.82. The molecule has 2 amide bonds. The summed E-state index contributed by atoms with van der Waals surface area (Å²) in [5.41, 5.74) is 1.87. The van der Waals surface area contributed by atoms with E-state index in [9.17, 15) is 9.59 Å². The minimum absolute atomic E-state index is 0.210. The fourth-order valence-electron chi connectivity index (χ4n) is 2.90. The van der Waals surface area contributed by atoms with Gasteiger partial charge in [-0.1, -0.05) is 40.2 Å². The van der Waals surface area contributed by atoms with Gasteiger partial charge in [0.05, 0.1) is 11.1 Å². The lowest BCUT2D eigenvalue weighted by atomic mass is 9.94. The molecule has 1 aliphatic heterocycles. The van der Waals surface area contributed by atoms with E-state index in [0.717, 1.165) is 10.0 Å². The molecule has 0 radical (unpaired) electrons. The van der Waals surface area contributed by atoms with Crippen LogP contribution in [0.3, 0.4) is 0 Å². The van der Waals surface area contributed by atoms with Gasteiger partial charge in [0.25, 0.3) is 11.8 Å². The number of nitrogens with zero attached hydrogens (tertiary/aromatic N) is 1. The molecule has 2 aromatic carbocycles. The number of carbonyl (C=O) groups is 2. The Kier molecular flexibility index (Phi) is 4.56. The zero-order chi connectivity index (χ0) is 17.3. The van der Waals surface area contributed by atoms with Crippen LogP contribution in [0.1, 0.15) is 40.1 Å². The Labute approximate surface area is 150 Å². The minimum atomic E-state index is -0.261. The van der Waals surface area contributed by atoms with Crippen molar-refractivity contribution in [1.82, 2.24) is 10.2 Å². The van der Waals surface area contributed by atoms with Crippen molar-refractivity contribution >= 4 is 27.7 Å². The highest BCUT2D eigenvalue weighted by Crippen LogP contribution is 2.24. The molecule has 24 heavy (non-hydrogen) atoms. The first-order chi connectivity index (χ1) is 11.4. The highest BCUT2D eigenvalue weighted by molar-refractivity contribution is 9.10. The molecule has 1 aliphatic rings. The van der Waals surface area contributed by atoms with Gasteiger partial charge in [-0.2, -0.15) is 0 Å². The fraction of sp³-hybridized carbons (Fsp3) is 0.263. The summed E-state index contributed by atoms with van der Waals surface area (Å²) >= 11 is 3.48. The second-order valence-corrected chi connectivity index (χ2v) is 7.29. The van der Waals surface area contributed by atoms with Crippen LogP contribution >= 0.6 is 15.9 Å². The molecule has 124 valence electrons.